The third kappa shape index (κ3) is 2.26. The molecule has 0 bridgehead atoms. The number of rotatable bonds is 3. The fourth-order valence-corrected chi connectivity index (χ4v) is 1.13. The van der Waals surface area contributed by atoms with Crippen LogP contribution in [0.3, 0.4) is 0 Å². The molecule has 0 fully saturated rings. The van der Waals surface area contributed by atoms with Gasteiger partial charge in [0.2, 0.25) is 0 Å². The average Bonchev–Trinajstić information content (AvgIpc) is 2.17. The summed E-state index contributed by atoms with van der Waals surface area (Å²) in [6.07, 6.45) is 0. The maximum atomic E-state index is 12.7. The van der Waals surface area contributed by atoms with Crippen molar-refractivity contribution in [2.24, 2.45) is 0 Å². The van der Waals surface area contributed by atoms with Crippen LogP contribution in [0.2, 0.25) is 0 Å². The Morgan fingerprint density at radius 3 is 2.20 bits per heavy atom. The number of carbonyl (C=O) groups is 1. The Hall–Kier alpha value is -1.58. The number of likely N-dealkylation sites (N-methyl/N-ethyl adjacent to an activating group) is 1. The number of hydrogen-bond acceptors (Lipinski definition) is 2. The first-order chi connectivity index (χ1) is 6.85. The third-order valence-electron chi connectivity index (χ3n) is 2.58. The van der Waals surface area contributed by atoms with Gasteiger partial charge in [-0.05, 0) is 38.1 Å². The second-order valence-electron chi connectivity index (χ2n) is 3.90. The molecule has 0 aliphatic carbocycles. The maximum absolute atomic E-state index is 12.7. The van der Waals surface area contributed by atoms with E-state index in [0.717, 1.165) is 0 Å². The standard InChI is InChI=1S/C11H14FNO2/c1-11(2,10(14)15)13(3)9-6-4-8(12)5-7-9/h4-7H,1-3H3,(H,14,15). The Bertz CT molecular complexity index is 359. The molecule has 1 aromatic rings. The Kier molecular flexibility index (Phi) is 2.98. The van der Waals surface area contributed by atoms with E-state index in [1.807, 2.05) is 0 Å². The SMILES string of the molecule is CN(c1ccc(F)cc1)C(C)(C)C(=O)O. The molecule has 0 aliphatic heterocycles. The summed E-state index contributed by atoms with van der Waals surface area (Å²) in [4.78, 5) is 12.6. The molecule has 0 atom stereocenters. The zero-order chi connectivity index (χ0) is 11.6. The average molecular weight is 211 g/mol. The Morgan fingerprint density at radius 2 is 1.80 bits per heavy atom. The molecule has 1 aromatic carbocycles. The minimum absolute atomic E-state index is 0.333. The number of aliphatic carboxylic acids is 1. The smallest absolute Gasteiger partial charge is 0.328 e. The number of halogens is 1. The first kappa shape index (κ1) is 11.5. The molecule has 0 unspecified atom stereocenters. The van der Waals surface area contributed by atoms with Gasteiger partial charge in [0, 0.05) is 12.7 Å². The molecule has 0 spiro atoms. The summed E-state index contributed by atoms with van der Waals surface area (Å²) >= 11 is 0. The van der Waals surface area contributed by atoms with E-state index in [9.17, 15) is 9.18 Å². The van der Waals surface area contributed by atoms with Gasteiger partial charge >= 0.3 is 5.97 Å². The van der Waals surface area contributed by atoms with Crippen LogP contribution in [0.25, 0.3) is 0 Å². The molecule has 0 aliphatic rings. The summed E-state index contributed by atoms with van der Waals surface area (Å²) in [5.41, 5.74) is -0.346. The molecule has 82 valence electrons. The van der Waals surface area contributed by atoms with Crippen LogP contribution in [0.15, 0.2) is 24.3 Å². The van der Waals surface area contributed by atoms with E-state index in [1.165, 1.54) is 12.1 Å². The predicted molar refractivity (Wildman–Crippen MR) is 56.5 cm³/mol. The van der Waals surface area contributed by atoms with Gasteiger partial charge in [0.15, 0.2) is 0 Å². The minimum atomic E-state index is -1.02. The van der Waals surface area contributed by atoms with Crippen LogP contribution in [-0.2, 0) is 4.79 Å². The van der Waals surface area contributed by atoms with E-state index in [-0.39, 0.29) is 5.82 Å². The van der Waals surface area contributed by atoms with Crippen molar-refractivity contribution in [2.75, 3.05) is 11.9 Å². The summed E-state index contributed by atoms with van der Waals surface area (Å²) in [6, 6.07) is 5.73. The number of nitrogens with zero attached hydrogens (tertiary/aromatic N) is 1. The lowest BCUT2D eigenvalue weighted by molar-refractivity contribution is -0.142. The maximum Gasteiger partial charge on any atom is 0.328 e. The van der Waals surface area contributed by atoms with Gasteiger partial charge in [0.25, 0.3) is 0 Å². The van der Waals surface area contributed by atoms with Crippen LogP contribution in [0, 0.1) is 5.82 Å². The van der Waals surface area contributed by atoms with Crippen LogP contribution >= 0.6 is 0 Å². The summed E-state index contributed by atoms with van der Waals surface area (Å²) < 4.78 is 12.7. The minimum Gasteiger partial charge on any atom is -0.480 e. The summed E-state index contributed by atoms with van der Waals surface area (Å²) in [5, 5.41) is 9.01. The molecule has 3 nitrogen and oxygen atoms in total. The zero-order valence-electron chi connectivity index (χ0n) is 8.99. The molecule has 0 saturated heterocycles. The second-order valence-corrected chi connectivity index (χ2v) is 3.90. The first-order valence-electron chi connectivity index (χ1n) is 4.58. The van der Waals surface area contributed by atoms with Crippen LogP contribution in [0.1, 0.15) is 13.8 Å². The van der Waals surface area contributed by atoms with Crippen molar-refractivity contribution < 1.29 is 14.3 Å². The lowest BCUT2D eigenvalue weighted by Crippen LogP contribution is -2.48. The van der Waals surface area contributed by atoms with Crippen molar-refractivity contribution in [1.29, 1.82) is 0 Å². The van der Waals surface area contributed by atoms with Crippen molar-refractivity contribution in [1.82, 2.24) is 0 Å². The topological polar surface area (TPSA) is 40.5 Å². The molecule has 0 saturated carbocycles. The van der Waals surface area contributed by atoms with E-state index in [1.54, 1.807) is 37.9 Å². The molecule has 0 amide bonds. The van der Waals surface area contributed by atoms with Crippen molar-refractivity contribution in [3.8, 4) is 0 Å². The molecule has 0 aromatic heterocycles. The number of carboxylic acids is 1. The highest BCUT2D eigenvalue weighted by Gasteiger charge is 2.32. The largest absolute Gasteiger partial charge is 0.480 e. The van der Waals surface area contributed by atoms with E-state index in [4.69, 9.17) is 5.11 Å². The quantitative estimate of drug-likeness (QED) is 0.832. The Morgan fingerprint density at radius 1 is 1.33 bits per heavy atom. The molecule has 15 heavy (non-hydrogen) atoms. The van der Waals surface area contributed by atoms with Gasteiger partial charge in [-0.25, -0.2) is 9.18 Å². The normalized spacial score (nSPS) is 11.2. The first-order valence-corrected chi connectivity index (χ1v) is 4.58. The van der Waals surface area contributed by atoms with E-state index < -0.39 is 11.5 Å². The Balaban J connectivity index is 2.99. The van der Waals surface area contributed by atoms with Gasteiger partial charge < -0.3 is 10.0 Å². The van der Waals surface area contributed by atoms with Gasteiger partial charge in [-0.3, -0.25) is 0 Å². The van der Waals surface area contributed by atoms with E-state index in [2.05, 4.69) is 0 Å². The molecule has 4 heteroatoms. The second kappa shape index (κ2) is 3.88. The van der Waals surface area contributed by atoms with E-state index >= 15 is 0 Å². The fraction of sp³-hybridized carbons (Fsp3) is 0.364. The fourth-order valence-electron chi connectivity index (χ4n) is 1.13. The van der Waals surface area contributed by atoms with E-state index in [0.29, 0.717) is 5.69 Å². The lowest BCUT2D eigenvalue weighted by Gasteiger charge is -2.33. The van der Waals surface area contributed by atoms with Gasteiger partial charge in [-0.15, -0.1) is 0 Å². The molecule has 1 rings (SSSR count). The van der Waals surface area contributed by atoms with Crippen LogP contribution < -0.4 is 4.90 Å². The molecule has 0 heterocycles. The molecular formula is C11H14FNO2. The predicted octanol–water partition coefficient (Wildman–Crippen LogP) is 2.13. The summed E-state index contributed by atoms with van der Waals surface area (Å²) in [7, 11) is 1.67. The number of benzene rings is 1. The van der Waals surface area contributed by atoms with Crippen molar-refractivity contribution >= 4 is 11.7 Å². The number of carboxylic acid groups (broad SMARTS) is 1. The van der Waals surface area contributed by atoms with Crippen molar-refractivity contribution in [2.45, 2.75) is 19.4 Å². The highest BCUT2D eigenvalue weighted by Crippen LogP contribution is 2.22. The zero-order valence-corrected chi connectivity index (χ0v) is 8.99. The van der Waals surface area contributed by atoms with Gasteiger partial charge in [-0.2, -0.15) is 0 Å². The lowest BCUT2D eigenvalue weighted by atomic mass is 10.0. The van der Waals surface area contributed by atoms with Crippen molar-refractivity contribution in [3.05, 3.63) is 30.1 Å². The van der Waals surface area contributed by atoms with Crippen molar-refractivity contribution in [3.63, 3.8) is 0 Å². The summed E-state index contributed by atoms with van der Waals surface area (Å²) in [5.74, 6) is -1.25. The van der Waals surface area contributed by atoms with Gasteiger partial charge in [0.1, 0.15) is 11.4 Å². The molecular weight excluding hydrogens is 197 g/mol. The number of hydrogen-bond donors (Lipinski definition) is 1. The van der Waals surface area contributed by atoms with Crippen LogP contribution in [0.5, 0.6) is 0 Å². The molecule has 1 N–H and O–H groups in total. The third-order valence-corrected chi connectivity index (χ3v) is 2.58. The molecule has 0 radical (unpaired) electrons. The monoisotopic (exact) mass is 211 g/mol. The highest BCUT2D eigenvalue weighted by atomic mass is 19.1. The number of anilines is 1. The van der Waals surface area contributed by atoms with Crippen LogP contribution in [-0.4, -0.2) is 23.7 Å². The summed E-state index contributed by atoms with van der Waals surface area (Å²) in [6.45, 7) is 3.19. The van der Waals surface area contributed by atoms with Gasteiger partial charge in [0.05, 0.1) is 0 Å². The Labute approximate surface area is 88.1 Å². The van der Waals surface area contributed by atoms with Gasteiger partial charge in [-0.1, -0.05) is 0 Å². The highest BCUT2D eigenvalue weighted by molar-refractivity contribution is 5.82. The van der Waals surface area contributed by atoms with Crippen LogP contribution in [0.4, 0.5) is 10.1 Å².